The molecule has 0 saturated heterocycles. The molecule has 0 saturated carbocycles. The van der Waals surface area contributed by atoms with Gasteiger partial charge in [0.15, 0.2) is 0 Å². The number of hydrogen-bond donors (Lipinski definition) is 1. The number of methoxy groups -OCH3 is 1. The first kappa shape index (κ1) is 33.7. The van der Waals surface area contributed by atoms with Gasteiger partial charge in [-0.2, -0.15) is 0 Å². The van der Waals surface area contributed by atoms with Gasteiger partial charge in [-0.15, -0.1) is 0 Å². The number of carbonyl (C=O) groups is 2. The fourth-order valence-corrected chi connectivity index (χ4v) is 6.33. The maximum absolute atomic E-state index is 14.5. The van der Waals surface area contributed by atoms with E-state index in [1.807, 2.05) is 44.2 Å². The number of hydrogen-bond acceptors (Lipinski definition) is 7. The number of carbonyl (C=O) groups excluding carboxylic acids is 2. The Morgan fingerprint density at radius 3 is 2.07 bits per heavy atom. The van der Waals surface area contributed by atoms with Crippen LogP contribution in [0.2, 0.25) is 0 Å². The molecule has 240 valence electrons. The number of non-ortho nitro benzene ring substituents is 1. The summed E-state index contributed by atoms with van der Waals surface area (Å²) in [5, 5.41) is 14.2. The van der Waals surface area contributed by atoms with Gasteiger partial charge in [-0.05, 0) is 61.4 Å². The maximum atomic E-state index is 14.5. The quantitative estimate of drug-likeness (QED) is 0.151. The van der Waals surface area contributed by atoms with E-state index >= 15 is 0 Å². The minimum Gasteiger partial charge on any atom is -0.497 e. The van der Waals surface area contributed by atoms with Crippen LogP contribution in [0.1, 0.15) is 25.0 Å². The van der Waals surface area contributed by atoms with Gasteiger partial charge < -0.3 is 15.0 Å². The number of rotatable bonds is 14. The molecule has 0 spiro atoms. The molecule has 0 aromatic heterocycles. The molecule has 0 fully saturated rings. The Labute approximate surface area is 268 Å². The molecule has 0 bridgehead atoms. The number of amides is 2. The summed E-state index contributed by atoms with van der Waals surface area (Å²) in [4.78, 5) is 40.3. The molecule has 4 aromatic rings. The first-order valence-electron chi connectivity index (χ1n) is 14.6. The lowest BCUT2D eigenvalue weighted by molar-refractivity contribution is -0.384. The van der Waals surface area contributed by atoms with Gasteiger partial charge in [0.05, 0.1) is 22.6 Å². The van der Waals surface area contributed by atoms with Gasteiger partial charge in [-0.1, -0.05) is 60.7 Å². The molecule has 0 aliphatic carbocycles. The van der Waals surface area contributed by atoms with Crippen molar-refractivity contribution in [2.75, 3.05) is 18.0 Å². The molecule has 4 aromatic carbocycles. The van der Waals surface area contributed by atoms with Crippen molar-refractivity contribution in [2.45, 2.75) is 43.8 Å². The summed E-state index contributed by atoms with van der Waals surface area (Å²) in [6, 6.07) is 27.6. The number of benzene rings is 4. The average molecular weight is 645 g/mol. The van der Waals surface area contributed by atoms with E-state index in [9.17, 15) is 28.1 Å². The number of nitro benzene ring substituents is 1. The summed E-state index contributed by atoms with van der Waals surface area (Å²) < 4.78 is 34.3. The molecule has 4 rings (SSSR count). The predicted molar refractivity (Wildman–Crippen MR) is 175 cm³/mol. The van der Waals surface area contributed by atoms with Crippen LogP contribution in [0.25, 0.3) is 0 Å². The zero-order chi connectivity index (χ0) is 33.3. The summed E-state index contributed by atoms with van der Waals surface area (Å²) in [6.45, 7) is 2.92. The van der Waals surface area contributed by atoms with Gasteiger partial charge in [-0.3, -0.25) is 24.0 Å². The number of nitro groups is 1. The van der Waals surface area contributed by atoms with Crippen molar-refractivity contribution in [2.24, 2.45) is 0 Å². The third kappa shape index (κ3) is 8.48. The number of sulfonamides is 1. The highest BCUT2D eigenvalue weighted by Crippen LogP contribution is 2.27. The Morgan fingerprint density at radius 2 is 1.48 bits per heavy atom. The number of nitrogens with zero attached hydrogens (tertiary/aromatic N) is 3. The van der Waals surface area contributed by atoms with Crippen molar-refractivity contribution in [3.05, 3.63) is 130 Å². The van der Waals surface area contributed by atoms with Crippen LogP contribution in [-0.4, -0.2) is 55.8 Å². The standard InChI is InChI=1S/C34H36N4O7S/c1-25(2)35-34(40)32(22-26-11-6-4-7-12-26)36(23-27-13-10-14-30(21-27)45-3)33(39)24-37(28-17-19-29(20-18-28)38(41)42)46(43,44)31-15-8-5-9-16-31/h4-21,25,32H,22-24H2,1-3H3,(H,35,40). The molecule has 1 N–H and O–H groups in total. The van der Waals surface area contributed by atoms with Crippen LogP contribution in [0.15, 0.2) is 114 Å². The largest absolute Gasteiger partial charge is 0.497 e. The Morgan fingerprint density at radius 1 is 0.870 bits per heavy atom. The van der Waals surface area contributed by atoms with Crippen LogP contribution in [0.4, 0.5) is 11.4 Å². The van der Waals surface area contributed by atoms with Crippen molar-refractivity contribution in [1.82, 2.24) is 10.2 Å². The van der Waals surface area contributed by atoms with Crippen molar-refractivity contribution in [1.29, 1.82) is 0 Å². The third-order valence-electron chi connectivity index (χ3n) is 7.15. The molecule has 12 heteroatoms. The number of nitrogens with one attached hydrogen (secondary N) is 1. The smallest absolute Gasteiger partial charge is 0.269 e. The number of ether oxygens (including phenoxy) is 1. The predicted octanol–water partition coefficient (Wildman–Crippen LogP) is 4.96. The van der Waals surface area contributed by atoms with E-state index in [2.05, 4.69) is 5.32 Å². The van der Waals surface area contributed by atoms with Crippen molar-refractivity contribution in [3.8, 4) is 5.75 Å². The minimum atomic E-state index is -4.33. The molecule has 2 amide bonds. The second-order valence-corrected chi connectivity index (χ2v) is 12.7. The second-order valence-electron chi connectivity index (χ2n) is 10.8. The molecule has 11 nitrogen and oxygen atoms in total. The lowest BCUT2D eigenvalue weighted by Gasteiger charge is -2.34. The van der Waals surface area contributed by atoms with Crippen LogP contribution in [0, 0.1) is 10.1 Å². The Balaban J connectivity index is 1.82. The van der Waals surface area contributed by atoms with Crippen LogP contribution >= 0.6 is 0 Å². The fourth-order valence-electron chi connectivity index (χ4n) is 4.89. The third-order valence-corrected chi connectivity index (χ3v) is 8.94. The van der Waals surface area contributed by atoms with Gasteiger partial charge in [0.2, 0.25) is 11.8 Å². The molecular formula is C34H36N4O7S. The summed E-state index contributed by atoms with van der Waals surface area (Å²) in [6.07, 6.45) is 0.165. The van der Waals surface area contributed by atoms with Crippen molar-refractivity contribution >= 4 is 33.2 Å². The minimum absolute atomic E-state index is 0.0292. The highest BCUT2D eigenvalue weighted by atomic mass is 32.2. The molecular weight excluding hydrogens is 608 g/mol. The first-order valence-corrected chi connectivity index (χ1v) is 16.0. The molecule has 1 atom stereocenters. The van der Waals surface area contributed by atoms with Gasteiger partial charge in [-0.25, -0.2) is 8.42 Å². The summed E-state index contributed by atoms with van der Waals surface area (Å²) in [5.41, 5.74) is 1.28. The molecule has 0 heterocycles. The zero-order valence-corrected chi connectivity index (χ0v) is 26.6. The van der Waals surface area contributed by atoms with Crippen molar-refractivity contribution < 1.29 is 27.7 Å². The molecule has 0 aliphatic rings. The van der Waals surface area contributed by atoms with Crippen molar-refractivity contribution in [3.63, 3.8) is 0 Å². The summed E-state index contributed by atoms with van der Waals surface area (Å²) in [7, 11) is -2.81. The van der Waals surface area contributed by atoms with Gasteiger partial charge in [0.25, 0.3) is 15.7 Å². The monoisotopic (exact) mass is 644 g/mol. The molecule has 0 aliphatic heterocycles. The van der Waals surface area contributed by atoms with E-state index in [1.54, 1.807) is 42.5 Å². The SMILES string of the molecule is COc1cccc(CN(C(=O)CN(c2ccc([N+](=O)[O-])cc2)S(=O)(=O)c2ccccc2)C(Cc2ccccc2)C(=O)NC(C)C)c1. The molecule has 1 unspecified atom stereocenters. The lowest BCUT2D eigenvalue weighted by Crippen LogP contribution is -2.54. The first-order chi connectivity index (χ1) is 22.0. The molecule has 0 radical (unpaired) electrons. The summed E-state index contributed by atoms with van der Waals surface area (Å²) in [5.74, 6) is -0.501. The number of anilines is 1. The van der Waals surface area contributed by atoms with E-state index in [4.69, 9.17) is 4.74 Å². The van der Waals surface area contributed by atoms with Crippen LogP contribution in [0.5, 0.6) is 5.75 Å². The van der Waals surface area contributed by atoms with E-state index in [0.29, 0.717) is 11.3 Å². The average Bonchev–Trinajstić information content (AvgIpc) is 3.05. The summed E-state index contributed by atoms with van der Waals surface area (Å²) >= 11 is 0. The van der Waals surface area contributed by atoms with E-state index in [1.165, 1.54) is 48.4 Å². The highest BCUT2D eigenvalue weighted by Gasteiger charge is 2.35. The van der Waals surface area contributed by atoms with Crippen LogP contribution in [0.3, 0.4) is 0 Å². The highest BCUT2D eigenvalue weighted by molar-refractivity contribution is 7.92. The zero-order valence-electron chi connectivity index (χ0n) is 25.8. The van der Waals surface area contributed by atoms with Crippen LogP contribution < -0.4 is 14.4 Å². The Kier molecular flexibility index (Phi) is 11.1. The second kappa shape index (κ2) is 15.2. The maximum Gasteiger partial charge on any atom is 0.269 e. The van der Waals surface area contributed by atoms with E-state index in [0.717, 1.165) is 9.87 Å². The van der Waals surface area contributed by atoms with Crippen LogP contribution in [-0.2, 0) is 32.6 Å². The van der Waals surface area contributed by atoms with E-state index < -0.39 is 39.3 Å². The Hall–Kier alpha value is -5.23. The van der Waals surface area contributed by atoms with Gasteiger partial charge in [0, 0.05) is 31.1 Å². The molecule has 46 heavy (non-hydrogen) atoms. The fraction of sp³-hybridized carbons (Fsp3) is 0.235. The van der Waals surface area contributed by atoms with E-state index in [-0.39, 0.29) is 35.3 Å². The topological polar surface area (TPSA) is 139 Å². The Bertz CT molecular complexity index is 1750. The van der Waals surface area contributed by atoms with Gasteiger partial charge in [0.1, 0.15) is 18.3 Å². The van der Waals surface area contributed by atoms with Gasteiger partial charge >= 0.3 is 0 Å². The normalized spacial score (nSPS) is 11.8. The lowest BCUT2D eigenvalue weighted by atomic mass is 10.0.